The molecule has 1 atom stereocenters. The Hall–Kier alpha value is -2.29. The number of pyridine rings is 1. The average Bonchev–Trinajstić information content (AvgIpc) is 3.03. The van der Waals surface area contributed by atoms with Crippen LogP contribution >= 0.6 is 35.0 Å². The predicted molar refractivity (Wildman–Crippen MR) is 100 cm³/mol. The number of aromatic nitrogens is 3. The Morgan fingerprint density at radius 1 is 1.15 bits per heavy atom. The highest BCUT2D eigenvalue weighted by Gasteiger charge is 2.19. The van der Waals surface area contributed by atoms with Crippen molar-refractivity contribution < 1.29 is 9.59 Å². The smallest absolute Gasteiger partial charge is 0.269 e. The number of carbonyl (C=O) groups is 2. The van der Waals surface area contributed by atoms with Gasteiger partial charge in [-0.1, -0.05) is 53.2 Å². The van der Waals surface area contributed by atoms with Crippen molar-refractivity contribution in [2.24, 2.45) is 0 Å². The maximum atomic E-state index is 12.2. The summed E-state index contributed by atoms with van der Waals surface area (Å²) in [6.07, 6.45) is 1.62. The number of halogens is 2. The van der Waals surface area contributed by atoms with Crippen LogP contribution in [0.2, 0.25) is 10.0 Å². The van der Waals surface area contributed by atoms with Gasteiger partial charge in [0.25, 0.3) is 11.8 Å². The Labute approximate surface area is 163 Å². The molecule has 10 heteroatoms. The lowest BCUT2D eigenvalue weighted by molar-refractivity contribution is -0.121. The Balaban J connectivity index is 1.64. The number of nitrogens with one attached hydrogen (secondary N) is 2. The van der Waals surface area contributed by atoms with Crippen molar-refractivity contribution in [2.45, 2.75) is 17.3 Å². The molecule has 1 aromatic carbocycles. The number of thioether (sulfide) groups is 1. The van der Waals surface area contributed by atoms with Crippen molar-refractivity contribution >= 4 is 52.4 Å². The molecular weight excluding hydrogens is 397 g/mol. The van der Waals surface area contributed by atoms with Gasteiger partial charge in [0.15, 0.2) is 10.8 Å². The number of fused-ring (bicyclic) bond motifs is 1. The quantitative estimate of drug-likeness (QED) is 0.510. The van der Waals surface area contributed by atoms with E-state index in [4.69, 9.17) is 23.2 Å². The number of carbonyl (C=O) groups excluding carboxylic acids is 2. The zero-order valence-corrected chi connectivity index (χ0v) is 15.8. The van der Waals surface area contributed by atoms with E-state index in [1.54, 1.807) is 53.9 Å². The molecule has 2 aromatic heterocycles. The van der Waals surface area contributed by atoms with Crippen molar-refractivity contribution in [3.63, 3.8) is 0 Å². The zero-order chi connectivity index (χ0) is 18.7. The van der Waals surface area contributed by atoms with Crippen LogP contribution in [0.5, 0.6) is 0 Å². The van der Waals surface area contributed by atoms with Gasteiger partial charge in [0.05, 0.1) is 15.3 Å². The van der Waals surface area contributed by atoms with Crippen molar-refractivity contribution in [1.82, 2.24) is 25.4 Å². The summed E-state index contributed by atoms with van der Waals surface area (Å²) in [5.74, 6) is -0.785. The molecule has 7 nitrogen and oxygen atoms in total. The normalized spacial score (nSPS) is 12.0. The van der Waals surface area contributed by atoms with E-state index in [-0.39, 0.29) is 5.91 Å². The molecule has 0 spiro atoms. The first-order valence-electron chi connectivity index (χ1n) is 7.47. The van der Waals surface area contributed by atoms with Crippen LogP contribution in [-0.4, -0.2) is 31.7 Å². The van der Waals surface area contributed by atoms with Crippen LogP contribution < -0.4 is 10.9 Å². The van der Waals surface area contributed by atoms with Gasteiger partial charge in [-0.05, 0) is 25.1 Å². The monoisotopic (exact) mass is 409 g/mol. The van der Waals surface area contributed by atoms with Gasteiger partial charge in [-0.15, -0.1) is 10.2 Å². The van der Waals surface area contributed by atoms with E-state index in [0.717, 1.165) is 11.8 Å². The average molecular weight is 410 g/mol. The molecule has 134 valence electrons. The Morgan fingerprint density at radius 2 is 1.88 bits per heavy atom. The Kier molecular flexibility index (Phi) is 5.65. The fourth-order valence-electron chi connectivity index (χ4n) is 2.08. The minimum atomic E-state index is -0.545. The number of hydrogen-bond acceptors (Lipinski definition) is 5. The van der Waals surface area contributed by atoms with Crippen LogP contribution in [0.1, 0.15) is 17.3 Å². The third kappa shape index (κ3) is 4.09. The van der Waals surface area contributed by atoms with Crippen LogP contribution in [0.3, 0.4) is 0 Å². The first-order chi connectivity index (χ1) is 12.5. The maximum absolute atomic E-state index is 12.2. The third-order valence-electron chi connectivity index (χ3n) is 3.38. The molecule has 26 heavy (non-hydrogen) atoms. The maximum Gasteiger partial charge on any atom is 0.269 e. The summed E-state index contributed by atoms with van der Waals surface area (Å²) in [5.41, 5.74) is 5.67. The second-order valence-electron chi connectivity index (χ2n) is 5.25. The van der Waals surface area contributed by atoms with E-state index in [0.29, 0.717) is 26.4 Å². The lowest BCUT2D eigenvalue weighted by Gasteiger charge is -2.12. The van der Waals surface area contributed by atoms with E-state index in [2.05, 4.69) is 21.0 Å². The van der Waals surface area contributed by atoms with Crippen molar-refractivity contribution in [2.75, 3.05) is 0 Å². The molecule has 0 saturated carbocycles. The minimum absolute atomic E-state index is 0.365. The largest absolute Gasteiger partial charge is 0.275 e. The summed E-state index contributed by atoms with van der Waals surface area (Å²) in [6, 6.07) is 10.1. The summed E-state index contributed by atoms with van der Waals surface area (Å²) in [7, 11) is 0. The number of rotatable bonds is 4. The minimum Gasteiger partial charge on any atom is -0.275 e. The van der Waals surface area contributed by atoms with Crippen LogP contribution in [-0.2, 0) is 4.79 Å². The lowest BCUT2D eigenvalue weighted by atomic mass is 10.2. The molecule has 2 N–H and O–H groups in total. The molecule has 0 fully saturated rings. The molecule has 3 aromatic rings. The van der Waals surface area contributed by atoms with Gasteiger partial charge in [0.2, 0.25) is 0 Å². The topological polar surface area (TPSA) is 88.4 Å². The molecule has 3 rings (SSSR count). The number of amides is 2. The van der Waals surface area contributed by atoms with Crippen molar-refractivity contribution in [3.05, 3.63) is 58.2 Å². The fourth-order valence-corrected chi connectivity index (χ4v) is 3.41. The highest BCUT2D eigenvalue weighted by molar-refractivity contribution is 8.00. The second-order valence-corrected chi connectivity index (χ2v) is 7.40. The van der Waals surface area contributed by atoms with Gasteiger partial charge in [-0.2, -0.15) is 0 Å². The molecule has 2 amide bonds. The summed E-state index contributed by atoms with van der Waals surface area (Å²) < 4.78 is 1.61. The predicted octanol–water partition coefficient (Wildman–Crippen LogP) is 2.98. The number of nitrogens with zero attached hydrogens (tertiary/aromatic N) is 3. The van der Waals surface area contributed by atoms with Gasteiger partial charge in [0, 0.05) is 11.8 Å². The molecule has 0 saturated heterocycles. The molecule has 0 unspecified atom stereocenters. The first kappa shape index (κ1) is 18.5. The van der Waals surface area contributed by atoms with E-state index in [1.165, 1.54) is 0 Å². The second kappa shape index (κ2) is 7.94. The molecule has 2 heterocycles. The molecule has 0 radical (unpaired) electrons. The van der Waals surface area contributed by atoms with Gasteiger partial charge in [-0.25, -0.2) is 0 Å². The highest BCUT2D eigenvalue weighted by Crippen LogP contribution is 2.27. The van der Waals surface area contributed by atoms with Crippen molar-refractivity contribution in [3.8, 4) is 0 Å². The summed E-state index contributed by atoms with van der Waals surface area (Å²) >= 11 is 13.2. The summed E-state index contributed by atoms with van der Waals surface area (Å²) in [4.78, 5) is 24.2. The van der Waals surface area contributed by atoms with E-state index in [9.17, 15) is 9.59 Å². The molecule has 0 bridgehead atoms. The van der Waals surface area contributed by atoms with E-state index < -0.39 is 11.2 Å². The molecular formula is C16H13Cl2N5O2S. The van der Waals surface area contributed by atoms with Gasteiger partial charge in [-0.3, -0.25) is 24.8 Å². The van der Waals surface area contributed by atoms with E-state index >= 15 is 0 Å². The number of benzene rings is 1. The van der Waals surface area contributed by atoms with Crippen LogP contribution in [0.25, 0.3) is 5.65 Å². The van der Waals surface area contributed by atoms with Crippen LogP contribution in [0.4, 0.5) is 0 Å². The Morgan fingerprint density at radius 3 is 2.62 bits per heavy atom. The highest BCUT2D eigenvalue weighted by atomic mass is 35.5. The molecule has 0 aliphatic rings. The third-order valence-corrected chi connectivity index (χ3v) is 4.92. The van der Waals surface area contributed by atoms with E-state index in [1.807, 2.05) is 0 Å². The van der Waals surface area contributed by atoms with Crippen LogP contribution in [0, 0.1) is 0 Å². The van der Waals surface area contributed by atoms with Crippen molar-refractivity contribution in [1.29, 1.82) is 0 Å². The number of hydrogen-bond donors (Lipinski definition) is 2. The van der Waals surface area contributed by atoms with Crippen LogP contribution in [0.15, 0.2) is 47.8 Å². The molecule has 0 aliphatic heterocycles. The van der Waals surface area contributed by atoms with Gasteiger partial charge < -0.3 is 0 Å². The van der Waals surface area contributed by atoms with Gasteiger partial charge in [0.1, 0.15) is 0 Å². The standard InChI is InChI=1S/C16H13Cl2N5O2S/c1-9(14(24)20-21-15(25)10-5-3-2-4-6-10)26-16-22-19-13-12(18)7-11(17)8-23(13)16/h2-9H,1H3,(H,20,24)(H,21,25)/t9-/m1/s1. The summed E-state index contributed by atoms with van der Waals surface area (Å²) in [5, 5.41) is 8.72. The fraction of sp³-hybridized carbons (Fsp3) is 0.125. The SMILES string of the molecule is C[C@@H](Sc1nnc2c(Cl)cc(Cl)cn12)C(=O)NNC(=O)c1ccccc1. The first-order valence-corrected chi connectivity index (χ1v) is 9.11. The molecule has 0 aliphatic carbocycles. The Bertz CT molecular complexity index is 964. The van der Waals surface area contributed by atoms with Gasteiger partial charge >= 0.3 is 0 Å². The zero-order valence-electron chi connectivity index (χ0n) is 13.4. The lowest BCUT2D eigenvalue weighted by Crippen LogP contribution is -2.44. The summed E-state index contributed by atoms with van der Waals surface area (Å²) in [6.45, 7) is 1.68. The number of hydrazine groups is 1.